The molecule has 0 heterocycles. The molecule has 0 aromatic carbocycles. The standard InChI is InChI=1S/C29H48O4/c1-16(25(32)26(33)17(2)27(3,4)5)20-8-9-21-19-15-24(31)23-14-18(30)10-12-29(23,7)22(19)11-13-28(20,21)6/h16,18-23,25-26,30,32-33H,2,8-15H2,1,3-7H3/t16-,18+,19+,20+,21+,22-,23+,25+,26+,28+,29+/m0/s1. The van der Waals surface area contributed by atoms with Crippen LogP contribution in [-0.2, 0) is 4.79 Å². The van der Waals surface area contributed by atoms with Gasteiger partial charge in [0.25, 0.3) is 0 Å². The zero-order chi connectivity index (χ0) is 24.5. The normalized spacial score (nSPS) is 46.0. The summed E-state index contributed by atoms with van der Waals surface area (Å²) in [5.74, 6) is 2.24. The Morgan fingerprint density at radius 2 is 1.64 bits per heavy atom. The van der Waals surface area contributed by atoms with E-state index >= 15 is 0 Å². The van der Waals surface area contributed by atoms with Crippen LogP contribution in [-0.4, -0.2) is 39.4 Å². The van der Waals surface area contributed by atoms with Crippen LogP contribution in [0.15, 0.2) is 12.2 Å². The lowest BCUT2D eigenvalue weighted by atomic mass is 9.44. The van der Waals surface area contributed by atoms with Gasteiger partial charge >= 0.3 is 0 Å². The van der Waals surface area contributed by atoms with Crippen LogP contribution in [0.1, 0.15) is 92.9 Å². The highest BCUT2D eigenvalue weighted by atomic mass is 16.3. The summed E-state index contributed by atoms with van der Waals surface area (Å²) >= 11 is 0. The van der Waals surface area contributed by atoms with Crippen molar-refractivity contribution in [1.82, 2.24) is 0 Å². The molecule has 188 valence electrons. The van der Waals surface area contributed by atoms with Crippen molar-refractivity contribution in [3.05, 3.63) is 12.2 Å². The first-order chi connectivity index (χ1) is 15.2. The molecular weight excluding hydrogens is 412 g/mol. The van der Waals surface area contributed by atoms with Crippen molar-refractivity contribution in [1.29, 1.82) is 0 Å². The molecule has 0 saturated heterocycles. The maximum atomic E-state index is 13.3. The molecule has 4 nitrogen and oxygen atoms in total. The van der Waals surface area contributed by atoms with Crippen LogP contribution in [0.2, 0.25) is 0 Å². The van der Waals surface area contributed by atoms with Crippen LogP contribution in [0.5, 0.6) is 0 Å². The van der Waals surface area contributed by atoms with Gasteiger partial charge in [-0.1, -0.05) is 48.1 Å². The Hall–Kier alpha value is -0.710. The summed E-state index contributed by atoms with van der Waals surface area (Å²) < 4.78 is 0. The Morgan fingerprint density at radius 1 is 1.03 bits per heavy atom. The average molecular weight is 461 g/mol. The van der Waals surface area contributed by atoms with Crippen LogP contribution in [0.25, 0.3) is 0 Å². The number of aliphatic hydroxyl groups is 3. The highest BCUT2D eigenvalue weighted by molar-refractivity contribution is 5.83. The Labute approximate surface area is 201 Å². The summed E-state index contributed by atoms with van der Waals surface area (Å²) in [5, 5.41) is 32.4. The van der Waals surface area contributed by atoms with Crippen LogP contribution in [0, 0.1) is 51.8 Å². The van der Waals surface area contributed by atoms with E-state index in [1.807, 2.05) is 20.8 Å². The molecular formula is C29H48O4. The molecule has 4 aliphatic rings. The first-order valence-electron chi connectivity index (χ1n) is 13.5. The number of ketones is 1. The lowest BCUT2D eigenvalue weighted by Gasteiger charge is -2.60. The smallest absolute Gasteiger partial charge is 0.136 e. The van der Waals surface area contributed by atoms with E-state index in [2.05, 4.69) is 27.4 Å². The molecule has 0 aromatic rings. The number of hydrogen-bond acceptors (Lipinski definition) is 4. The maximum Gasteiger partial charge on any atom is 0.136 e. The Kier molecular flexibility index (Phi) is 6.50. The second-order valence-electron chi connectivity index (χ2n) is 13.8. The number of carbonyl (C=O) groups is 1. The fourth-order valence-electron chi connectivity index (χ4n) is 9.10. The van der Waals surface area contributed by atoms with Gasteiger partial charge in [-0.25, -0.2) is 0 Å². The molecule has 0 aromatic heterocycles. The van der Waals surface area contributed by atoms with Crippen LogP contribution < -0.4 is 0 Å². The number of hydrogen-bond donors (Lipinski definition) is 3. The van der Waals surface area contributed by atoms with E-state index in [9.17, 15) is 20.1 Å². The number of fused-ring (bicyclic) bond motifs is 5. The van der Waals surface area contributed by atoms with Gasteiger partial charge in [0.15, 0.2) is 0 Å². The van der Waals surface area contributed by atoms with Crippen LogP contribution >= 0.6 is 0 Å². The first kappa shape index (κ1) is 25.4. The van der Waals surface area contributed by atoms with E-state index in [1.54, 1.807) is 0 Å². The summed E-state index contributed by atoms with van der Waals surface area (Å²) in [6.07, 6.45) is 5.53. The average Bonchev–Trinajstić information content (AvgIpc) is 3.09. The van der Waals surface area contributed by atoms with E-state index in [1.165, 1.54) is 0 Å². The molecule has 3 N–H and O–H groups in total. The monoisotopic (exact) mass is 460 g/mol. The van der Waals surface area contributed by atoms with Crippen molar-refractivity contribution in [3.63, 3.8) is 0 Å². The molecule has 4 fully saturated rings. The largest absolute Gasteiger partial charge is 0.393 e. The highest BCUT2D eigenvalue weighted by Crippen LogP contribution is 2.67. The number of Topliss-reactive ketones (excluding diaryl/α,β-unsaturated/α-hetero) is 1. The van der Waals surface area contributed by atoms with Crippen LogP contribution in [0.4, 0.5) is 0 Å². The van der Waals surface area contributed by atoms with Crippen molar-refractivity contribution in [3.8, 4) is 0 Å². The SMILES string of the molecule is C=C([C@@H](O)[C@H](O)[C@@H](C)[C@H]1CC[C@@H]2[C@H]3CC(=O)[C@H]4C[C@H](O)CC[C@]4(C)[C@H]3CC[C@]12C)C(C)(C)C. The second kappa shape index (κ2) is 8.45. The Morgan fingerprint density at radius 3 is 2.27 bits per heavy atom. The minimum absolute atomic E-state index is 0.0156. The van der Waals surface area contributed by atoms with Crippen LogP contribution in [0.3, 0.4) is 0 Å². The van der Waals surface area contributed by atoms with E-state index < -0.39 is 12.2 Å². The number of carbonyl (C=O) groups excluding carboxylic acids is 1. The molecule has 4 heteroatoms. The molecule has 0 amide bonds. The van der Waals surface area contributed by atoms with Gasteiger partial charge in [0.2, 0.25) is 0 Å². The maximum absolute atomic E-state index is 13.3. The van der Waals surface area contributed by atoms with Crippen molar-refractivity contribution < 1.29 is 20.1 Å². The summed E-state index contributed by atoms with van der Waals surface area (Å²) in [4.78, 5) is 13.3. The third-order valence-corrected chi connectivity index (χ3v) is 11.3. The van der Waals surface area contributed by atoms with Gasteiger partial charge in [0.05, 0.1) is 12.2 Å². The van der Waals surface area contributed by atoms with Crippen molar-refractivity contribution in [2.45, 2.75) is 111 Å². The summed E-state index contributed by atoms with van der Waals surface area (Å²) in [7, 11) is 0. The molecule has 4 aliphatic carbocycles. The van der Waals surface area contributed by atoms with Gasteiger partial charge < -0.3 is 15.3 Å². The zero-order valence-electron chi connectivity index (χ0n) is 21.8. The predicted molar refractivity (Wildman–Crippen MR) is 131 cm³/mol. The van der Waals surface area contributed by atoms with E-state index in [4.69, 9.17) is 0 Å². The minimum Gasteiger partial charge on any atom is -0.393 e. The minimum atomic E-state index is -0.913. The molecule has 4 saturated carbocycles. The van der Waals surface area contributed by atoms with Gasteiger partial charge in [-0.3, -0.25) is 4.79 Å². The molecule has 4 rings (SSSR count). The first-order valence-corrected chi connectivity index (χ1v) is 13.5. The van der Waals surface area contributed by atoms with E-state index in [0.717, 1.165) is 38.5 Å². The van der Waals surface area contributed by atoms with Crippen molar-refractivity contribution in [2.24, 2.45) is 51.8 Å². The molecule has 0 bridgehead atoms. The molecule has 0 spiro atoms. The van der Waals surface area contributed by atoms with Gasteiger partial charge in [0, 0.05) is 12.3 Å². The zero-order valence-corrected chi connectivity index (χ0v) is 21.8. The summed E-state index contributed by atoms with van der Waals surface area (Å²) in [5.41, 5.74) is 0.580. The Balaban J connectivity index is 1.55. The van der Waals surface area contributed by atoms with Gasteiger partial charge in [0.1, 0.15) is 11.9 Å². The third kappa shape index (κ3) is 3.96. The lowest BCUT2D eigenvalue weighted by Crippen LogP contribution is -2.57. The molecule has 33 heavy (non-hydrogen) atoms. The fraction of sp³-hybridized carbons (Fsp3) is 0.897. The van der Waals surface area contributed by atoms with Gasteiger partial charge in [-0.15, -0.1) is 0 Å². The van der Waals surface area contributed by atoms with Crippen molar-refractivity contribution >= 4 is 5.78 Å². The second-order valence-corrected chi connectivity index (χ2v) is 13.8. The molecule has 0 unspecified atom stereocenters. The summed E-state index contributed by atoms with van der Waals surface area (Å²) in [6.45, 7) is 17.1. The Bertz CT molecular complexity index is 783. The quantitative estimate of drug-likeness (QED) is 0.507. The molecule has 0 radical (unpaired) electrons. The van der Waals surface area contributed by atoms with E-state index in [0.29, 0.717) is 47.9 Å². The topological polar surface area (TPSA) is 77.8 Å². The predicted octanol–water partition coefficient (Wildman–Crippen LogP) is 5.15. The van der Waals surface area contributed by atoms with E-state index in [-0.39, 0.29) is 34.2 Å². The third-order valence-electron chi connectivity index (χ3n) is 11.3. The van der Waals surface area contributed by atoms with Gasteiger partial charge in [-0.2, -0.15) is 0 Å². The number of aliphatic hydroxyl groups excluding tert-OH is 3. The van der Waals surface area contributed by atoms with Crippen molar-refractivity contribution in [2.75, 3.05) is 0 Å². The molecule has 11 atom stereocenters. The van der Waals surface area contributed by atoms with Gasteiger partial charge in [-0.05, 0) is 96.4 Å². The fourth-order valence-corrected chi connectivity index (χ4v) is 9.10. The molecule has 0 aliphatic heterocycles. The summed E-state index contributed by atoms with van der Waals surface area (Å²) in [6, 6.07) is 0. The highest BCUT2D eigenvalue weighted by Gasteiger charge is 2.63. The number of rotatable bonds is 4. The lowest BCUT2D eigenvalue weighted by molar-refractivity contribution is -0.161.